The van der Waals surface area contributed by atoms with Gasteiger partial charge in [0.2, 0.25) is 0 Å². The van der Waals surface area contributed by atoms with Crippen LogP contribution in [-0.2, 0) is 12.8 Å². The van der Waals surface area contributed by atoms with Crippen molar-refractivity contribution in [3.8, 4) is 0 Å². The van der Waals surface area contributed by atoms with Crippen LogP contribution in [0.4, 0.5) is 13.2 Å². The van der Waals surface area contributed by atoms with Gasteiger partial charge in [-0.25, -0.2) is 4.98 Å². The summed E-state index contributed by atoms with van der Waals surface area (Å²) in [5.74, 6) is 0.660. The lowest BCUT2D eigenvalue weighted by Gasteiger charge is -2.19. The molecular weight excluding hydrogens is 351 g/mol. The maximum Gasteiger partial charge on any atom is 0.401 e. The van der Waals surface area contributed by atoms with Gasteiger partial charge in [0.05, 0.1) is 17.2 Å². The molecule has 1 aromatic rings. The quantitative estimate of drug-likeness (QED) is 0.566. The van der Waals surface area contributed by atoms with Gasteiger partial charge in [-0.15, -0.1) is 11.3 Å². The molecule has 1 atom stereocenters. The summed E-state index contributed by atoms with van der Waals surface area (Å²) in [6.45, 7) is 5.35. The predicted molar refractivity (Wildman–Crippen MR) is 95.2 cm³/mol. The minimum atomic E-state index is -4.14. The number of nitrogens with one attached hydrogen (secondary N) is 2. The van der Waals surface area contributed by atoms with Gasteiger partial charge in [0, 0.05) is 44.0 Å². The summed E-state index contributed by atoms with van der Waals surface area (Å²) in [4.78, 5) is 10.5. The van der Waals surface area contributed by atoms with Gasteiger partial charge in [0.25, 0.3) is 0 Å². The Hall–Kier alpha value is -1.35. The molecule has 1 unspecified atom stereocenters. The van der Waals surface area contributed by atoms with Crippen LogP contribution >= 0.6 is 11.3 Å². The lowest BCUT2D eigenvalue weighted by molar-refractivity contribution is -0.143. The first-order valence-corrected chi connectivity index (χ1v) is 9.54. The maximum atomic E-state index is 12.5. The number of hydrogen-bond donors (Lipinski definition) is 2. The molecule has 1 aliphatic heterocycles. The Morgan fingerprint density at radius 3 is 2.88 bits per heavy atom. The summed E-state index contributed by atoms with van der Waals surface area (Å²) in [5, 5.41) is 9.58. The van der Waals surface area contributed by atoms with E-state index >= 15 is 0 Å². The second-order valence-electron chi connectivity index (χ2n) is 6.08. The molecule has 1 saturated heterocycles. The molecule has 0 spiro atoms. The van der Waals surface area contributed by atoms with Crippen molar-refractivity contribution < 1.29 is 13.2 Å². The first kappa shape index (κ1) is 20.0. The summed E-state index contributed by atoms with van der Waals surface area (Å²) < 4.78 is 37.4. The van der Waals surface area contributed by atoms with Crippen LogP contribution < -0.4 is 10.6 Å². The minimum Gasteiger partial charge on any atom is -0.357 e. The van der Waals surface area contributed by atoms with Crippen molar-refractivity contribution in [3.63, 3.8) is 0 Å². The topological polar surface area (TPSA) is 52.6 Å². The van der Waals surface area contributed by atoms with Crippen LogP contribution in [0.5, 0.6) is 0 Å². The van der Waals surface area contributed by atoms with E-state index in [1.54, 1.807) is 11.3 Å². The Kier molecular flexibility index (Phi) is 7.49. The Morgan fingerprint density at radius 1 is 1.44 bits per heavy atom. The molecule has 0 aromatic carbocycles. The second-order valence-corrected chi connectivity index (χ2v) is 7.02. The van der Waals surface area contributed by atoms with Crippen molar-refractivity contribution in [2.45, 2.75) is 45.3 Å². The van der Waals surface area contributed by atoms with Crippen molar-refractivity contribution in [2.75, 3.05) is 32.7 Å². The minimum absolute atomic E-state index is 0.00823. The molecule has 9 heteroatoms. The van der Waals surface area contributed by atoms with Gasteiger partial charge in [-0.2, -0.15) is 13.2 Å². The average Bonchev–Trinajstić information content (AvgIpc) is 3.15. The Morgan fingerprint density at radius 2 is 2.24 bits per heavy atom. The van der Waals surface area contributed by atoms with E-state index in [2.05, 4.69) is 32.9 Å². The highest BCUT2D eigenvalue weighted by atomic mass is 32.1. The van der Waals surface area contributed by atoms with Gasteiger partial charge in [-0.05, 0) is 19.8 Å². The second kappa shape index (κ2) is 9.38. The standard InChI is InChI=1S/C16H26F3N5S/c1-3-14-22-13(10-25-14)5-7-21-15(20-4-2)23-12-6-8-24(9-12)11-16(17,18)19/h10,12H,3-9,11H2,1-2H3,(H2,20,21,23). The van der Waals surface area contributed by atoms with Crippen LogP contribution in [0.2, 0.25) is 0 Å². The number of aryl methyl sites for hydroxylation is 1. The lowest BCUT2D eigenvalue weighted by atomic mass is 10.3. The summed E-state index contributed by atoms with van der Waals surface area (Å²) in [6.07, 6.45) is -1.75. The number of rotatable bonds is 7. The highest BCUT2D eigenvalue weighted by molar-refractivity contribution is 7.09. The first-order chi connectivity index (χ1) is 11.9. The first-order valence-electron chi connectivity index (χ1n) is 8.66. The number of thiazole rings is 1. The fourth-order valence-electron chi connectivity index (χ4n) is 2.77. The number of halogens is 3. The summed E-state index contributed by atoms with van der Waals surface area (Å²) >= 11 is 1.66. The summed E-state index contributed by atoms with van der Waals surface area (Å²) in [5.41, 5.74) is 1.04. The van der Waals surface area contributed by atoms with Gasteiger partial charge in [-0.3, -0.25) is 9.89 Å². The molecule has 5 nitrogen and oxygen atoms in total. The Bertz CT molecular complexity index is 558. The number of likely N-dealkylation sites (tertiary alicyclic amines) is 1. The molecule has 2 heterocycles. The number of aromatic nitrogens is 1. The highest BCUT2D eigenvalue weighted by Crippen LogP contribution is 2.19. The van der Waals surface area contributed by atoms with Crippen LogP contribution in [-0.4, -0.2) is 60.8 Å². The van der Waals surface area contributed by atoms with E-state index in [9.17, 15) is 13.2 Å². The molecule has 1 aliphatic rings. The van der Waals surface area contributed by atoms with Crippen molar-refractivity contribution >= 4 is 17.3 Å². The normalized spacial score (nSPS) is 19.4. The molecule has 25 heavy (non-hydrogen) atoms. The van der Waals surface area contributed by atoms with Crippen LogP contribution in [0.15, 0.2) is 10.4 Å². The monoisotopic (exact) mass is 377 g/mol. The molecule has 0 bridgehead atoms. The number of guanidine groups is 1. The molecule has 0 saturated carbocycles. The fourth-order valence-corrected chi connectivity index (χ4v) is 3.55. The van der Waals surface area contributed by atoms with Crippen LogP contribution in [0.3, 0.4) is 0 Å². The van der Waals surface area contributed by atoms with Gasteiger partial charge < -0.3 is 10.6 Å². The van der Waals surface area contributed by atoms with Gasteiger partial charge >= 0.3 is 6.18 Å². The van der Waals surface area contributed by atoms with E-state index < -0.39 is 12.7 Å². The van der Waals surface area contributed by atoms with Gasteiger partial charge in [0.15, 0.2) is 5.96 Å². The third kappa shape index (κ3) is 7.19. The molecule has 0 aliphatic carbocycles. The maximum absolute atomic E-state index is 12.5. The zero-order valence-corrected chi connectivity index (χ0v) is 15.5. The zero-order valence-electron chi connectivity index (χ0n) is 14.7. The Balaban J connectivity index is 1.81. The van der Waals surface area contributed by atoms with Crippen LogP contribution in [0.25, 0.3) is 0 Å². The molecule has 0 radical (unpaired) electrons. The predicted octanol–water partition coefficient (Wildman–Crippen LogP) is 2.44. The third-order valence-corrected chi connectivity index (χ3v) is 4.94. The van der Waals surface area contributed by atoms with Crippen LogP contribution in [0, 0.1) is 0 Å². The van der Waals surface area contributed by atoms with E-state index in [-0.39, 0.29) is 6.04 Å². The van der Waals surface area contributed by atoms with E-state index in [0.717, 1.165) is 23.5 Å². The molecule has 2 N–H and O–H groups in total. The zero-order chi connectivity index (χ0) is 18.3. The molecule has 0 amide bonds. The molecule has 142 valence electrons. The molecule has 1 fully saturated rings. The van der Waals surface area contributed by atoms with Gasteiger partial charge in [0.1, 0.15) is 0 Å². The number of alkyl halides is 3. The van der Waals surface area contributed by atoms with Crippen molar-refractivity contribution in [1.82, 2.24) is 20.5 Å². The molecular formula is C16H26F3N5S. The van der Waals surface area contributed by atoms with E-state index in [0.29, 0.717) is 38.6 Å². The fraction of sp³-hybridized carbons (Fsp3) is 0.750. The largest absolute Gasteiger partial charge is 0.401 e. The molecule has 1 aromatic heterocycles. The van der Waals surface area contributed by atoms with E-state index in [4.69, 9.17) is 0 Å². The van der Waals surface area contributed by atoms with Gasteiger partial charge in [-0.1, -0.05) is 6.92 Å². The Labute approximate surface area is 150 Å². The van der Waals surface area contributed by atoms with Crippen molar-refractivity contribution in [1.29, 1.82) is 0 Å². The van der Waals surface area contributed by atoms with E-state index in [1.165, 1.54) is 4.90 Å². The smallest absolute Gasteiger partial charge is 0.357 e. The summed E-state index contributed by atoms with van der Waals surface area (Å²) in [6, 6.07) is -0.00823. The van der Waals surface area contributed by atoms with Crippen LogP contribution in [0.1, 0.15) is 31.0 Å². The third-order valence-electron chi connectivity index (χ3n) is 3.90. The molecule has 2 rings (SSSR count). The number of aliphatic imine (C=N–C) groups is 1. The van der Waals surface area contributed by atoms with E-state index in [1.807, 2.05) is 6.92 Å². The lowest BCUT2D eigenvalue weighted by Crippen LogP contribution is -2.45. The summed E-state index contributed by atoms with van der Waals surface area (Å²) in [7, 11) is 0. The SMILES string of the molecule is CCNC(=NCCc1csc(CC)n1)NC1CCN(CC(F)(F)F)C1. The average molecular weight is 377 g/mol. The highest BCUT2D eigenvalue weighted by Gasteiger charge is 2.34. The van der Waals surface area contributed by atoms with Crippen molar-refractivity contribution in [2.24, 2.45) is 4.99 Å². The number of nitrogens with zero attached hydrogens (tertiary/aromatic N) is 3. The van der Waals surface area contributed by atoms with Crippen molar-refractivity contribution in [3.05, 3.63) is 16.1 Å². The number of hydrogen-bond acceptors (Lipinski definition) is 4.